The standard InChI is InChI=1S/C26H29NO5/c1-2-30-26-20(12-8-14-28)21(22-17-31-23-13-7-6-11-19(22)23)15-24(32-26)25(29)27-16-18-9-4-3-5-10-18/h3-7,9-11,13,15,17,20-21,26,28H,2,8,12,14,16H2,1H3,(H,27,29)/t20-,21-,26+/m0/s1. The quantitative estimate of drug-likeness (QED) is 0.517. The van der Waals surface area contributed by atoms with E-state index < -0.39 is 6.29 Å². The first-order chi connectivity index (χ1) is 15.7. The van der Waals surface area contributed by atoms with Gasteiger partial charge >= 0.3 is 0 Å². The second kappa shape index (κ2) is 10.5. The summed E-state index contributed by atoms with van der Waals surface area (Å²) in [5, 5.41) is 13.4. The maximum absolute atomic E-state index is 13.0. The number of ether oxygens (including phenoxy) is 2. The minimum atomic E-state index is -0.590. The summed E-state index contributed by atoms with van der Waals surface area (Å²) in [6.45, 7) is 2.86. The molecule has 0 saturated heterocycles. The maximum Gasteiger partial charge on any atom is 0.286 e. The summed E-state index contributed by atoms with van der Waals surface area (Å²) >= 11 is 0. The molecular weight excluding hydrogens is 406 g/mol. The van der Waals surface area contributed by atoms with E-state index in [1.165, 1.54) is 0 Å². The van der Waals surface area contributed by atoms with Crippen molar-refractivity contribution >= 4 is 16.9 Å². The van der Waals surface area contributed by atoms with Crippen LogP contribution in [0.2, 0.25) is 0 Å². The minimum Gasteiger partial charge on any atom is -0.464 e. The van der Waals surface area contributed by atoms with Crippen LogP contribution in [0.15, 0.2) is 77.1 Å². The second-order valence-corrected chi connectivity index (χ2v) is 7.88. The van der Waals surface area contributed by atoms with Crippen molar-refractivity contribution in [3.05, 3.63) is 83.8 Å². The van der Waals surface area contributed by atoms with Gasteiger partial charge in [-0.1, -0.05) is 48.5 Å². The van der Waals surface area contributed by atoms with Crippen molar-refractivity contribution in [2.45, 2.75) is 38.5 Å². The topological polar surface area (TPSA) is 80.9 Å². The Morgan fingerprint density at radius 2 is 1.91 bits per heavy atom. The Balaban J connectivity index is 1.65. The summed E-state index contributed by atoms with van der Waals surface area (Å²) in [7, 11) is 0. The molecule has 6 heteroatoms. The van der Waals surface area contributed by atoms with Gasteiger partial charge < -0.3 is 24.3 Å². The number of hydrogen-bond acceptors (Lipinski definition) is 5. The molecule has 4 rings (SSSR count). The minimum absolute atomic E-state index is 0.0613. The van der Waals surface area contributed by atoms with Crippen LogP contribution in [-0.4, -0.2) is 30.5 Å². The summed E-state index contributed by atoms with van der Waals surface area (Å²) in [5.74, 6) is -0.242. The molecule has 2 aromatic carbocycles. The lowest BCUT2D eigenvalue weighted by Crippen LogP contribution is -2.38. The highest BCUT2D eigenvalue weighted by molar-refractivity contribution is 5.92. The number of aliphatic hydroxyl groups excluding tert-OH is 1. The first-order valence-electron chi connectivity index (χ1n) is 11.1. The van der Waals surface area contributed by atoms with E-state index in [0.717, 1.165) is 22.1 Å². The molecule has 0 saturated carbocycles. The number of fused-ring (bicyclic) bond motifs is 1. The normalized spacial score (nSPS) is 20.6. The van der Waals surface area contributed by atoms with Gasteiger partial charge in [-0.2, -0.15) is 0 Å². The van der Waals surface area contributed by atoms with E-state index in [0.29, 0.717) is 26.0 Å². The number of aliphatic hydroxyl groups is 1. The highest BCUT2D eigenvalue weighted by Gasteiger charge is 2.39. The average Bonchev–Trinajstić information content (AvgIpc) is 3.26. The first kappa shape index (κ1) is 22.1. The molecule has 3 atom stereocenters. The molecule has 168 valence electrons. The molecule has 0 fully saturated rings. The Labute approximate surface area is 187 Å². The number of carbonyl (C=O) groups is 1. The Morgan fingerprint density at radius 1 is 1.12 bits per heavy atom. The molecule has 1 aliphatic heterocycles. The maximum atomic E-state index is 13.0. The number of furan rings is 1. The number of rotatable bonds is 9. The molecule has 1 aliphatic rings. The van der Waals surface area contributed by atoms with Gasteiger partial charge in [-0.05, 0) is 37.5 Å². The predicted molar refractivity (Wildman–Crippen MR) is 122 cm³/mol. The molecule has 2 N–H and O–H groups in total. The summed E-state index contributed by atoms with van der Waals surface area (Å²) in [4.78, 5) is 13.0. The van der Waals surface area contributed by atoms with Crippen molar-refractivity contribution in [2.75, 3.05) is 13.2 Å². The van der Waals surface area contributed by atoms with Gasteiger partial charge in [0, 0.05) is 42.5 Å². The zero-order valence-corrected chi connectivity index (χ0v) is 18.2. The number of benzene rings is 2. The molecule has 0 aliphatic carbocycles. The van der Waals surface area contributed by atoms with Gasteiger partial charge in [0.15, 0.2) is 5.76 Å². The number of hydrogen-bond donors (Lipinski definition) is 2. The molecule has 0 radical (unpaired) electrons. The lowest BCUT2D eigenvalue weighted by atomic mass is 9.80. The smallest absolute Gasteiger partial charge is 0.286 e. The van der Waals surface area contributed by atoms with E-state index in [4.69, 9.17) is 13.9 Å². The van der Waals surface area contributed by atoms with Crippen LogP contribution in [0.1, 0.15) is 36.8 Å². The van der Waals surface area contributed by atoms with Crippen molar-refractivity contribution in [3.63, 3.8) is 0 Å². The summed E-state index contributed by atoms with van der Waals surface area (Å²) < 4.78 is 17.8. The molecule has 0 unspecified atom stereocenters. The highest BCUT2D eigenvalue weighted by atomic mass is 16.7. The number of amides is 1. The van der Waals surface area contributed by atoms with Gasteiger partial charge in [0.2, 0.25) is 6.29 Å². The van der Waals surface area contributed by atoms with E-state index in [-0.39, 0.29) is 30.1 Å². The van der Waals surface area contributed by atoms with Gasteiger partial charge in [-0.25, -0.2) is 0 Å². The van der Waals surface area contributed by atoms with Gasteiger partial charge in [-0.15, -0.1) is 0 Å². The van der Waals surface area contributed by atoms with Crippen LogP contribution in [0.5, 0.6) is 0 Å². The fraction of sp³-hybridized carbons (Fsp3) is 0.346. The molecular formula is C26H29NO5. The summed E-state index contributed by atoms with van der Waals surface area (Å²) in [6.07, 6.45) is 4.35. The molecule has 0 spiro atoms. The number of carbonyl (C=O) groups excluding carboxylic acids is 1. The number of nitrogens with one attached hydrogen (secondary N) is 1. The van der Waals surface area contributed by atoms with Crippen molar-refractivity contribution in [3.8, 4) is 0 Å². The van der Waals surface area contributed by atoms with Crippen molar-refractivity contribution < 1.29 is 23.8 Å². The number of allylic oxidation sites excluding steroid dienone is 1. The van der Waals surface area contributed by atoms with Gasteiger partial charge in [0.1, 0.15) is 5.58 Å². The van der Waals surface area contributed by atoms with Crippen LogP contribution in [0, 0.1) is 5.92 Å². The van der Waals surface area contributed by atoms with Crippen LogP contribution < -0.4 is 5.32 Å². The fourth-order valence-electron chi connectivity index (χ4n) is 4.24. The Bertz CT molecular complexity index is 1060. The van der Waals surface area contributed by atoms with E-state index in [1.54, 1.807) is 6.26 Å². The molecule has 3 aromatic rings. The van der Waals surface area contributed by atoms with Crippen LogP contribution in [0.25, 0.3) is 11.0 Å². The molecule has 1 amide bonds. The monoisotopic (exact) mass is 435 g/mol. The fourth-order valence-corrected chi connectivity index (χ4v) is 4.24. The lowest BCUT2D eigenvalue weighted by Gasteiger charge is -2.36. The Morgan fingerprint density at radius 3 is 2.69 bits per heavy atom. The first-order valence-corrected chi connectivity index (χ1v) is 11.1. The second-order valence-electron chi connectivity index (χ2n) is 7.88. The van der Waals surface area contributed by atoms with Crippen molar-refractivity contribution in [1.29, 1.82) is 0 Å². The average molecular weight is 436 g/mol. The summed E-state index contributed by atoms with van der Waals surface area (Å²) in [5.41, 5.74) is 2.80. The van der Waals surface area contributed by atoms with Crippen LogP contribution >= 0.6 is 0 Å². The zero-order chi connectivity index (χ0) is 22.3. The Hall–Kier alpha value is -3.09. The molecule has 32 heavy (non-hydrogen) atoms. The van der Waals surface area contributed by atoms with Crippen molar-refractivity contribution in [1.82, 2.24) is 5.32 Å². The van der Waals surface area contributed by atoms with Crippen LogP contribution in [0.3, 0.4) is 0 Å². The number of para-hydroxylation sites is 1. The van der Waals surface area contributed by atoms with Crippen LogP contribution in [-0.2, 0) is 20.8 Å². The third-order valence-corrected chi connectivity index (χ3v) is 5.80. The van der Waals surface area contributed by atoms with E-state index in [2.05, 4.69) is 5.32 Å². The van der Waals surface area contributed by atoms with E-state index >= 15 is 0 Å². The highest BCUT2D eigenvalue weighted by Crippen LogP contribution is 2.42. The van der Waals surface area contributed by atoms with E-state index in [9.17, 15) is 9.90 Å². The lowest BCUT2D eigenvalue weighted by molar-refractivity contribution is -0.166. The van der Waals surface area contributed by atoms with Gasteiger partial charge in [-0.3, -0.25) is 4.79 Å². The molecule has 0 bridgehead atoms. The Kier molecular flexibility index (Phi) is 7.24. The predicted octanol–water partition coefficient (Wildman–Crippen LogP) is 4.50. The SMILES string of the molecule is CCO[C@@H]1OC(C(=O)NCc2ccccc2)=C[C@H](c2coc3ccccc23)[C@@H]1CCCO. The van der Waals surface area contributed by atoms with Crippen LogP contribution in [0.4, 0.5) is 0 Å². The third-order valence-electron chi connectivity index (χ3n) is 5.80. The molecule has 1 aromatic heterocycles. The molecule has 6 nitrogen and oxygen atoms in total. The largest absolute Gasteiger partial charge is 0.464 e. The summed E-state index contributed by atoms with van der Waals surface area (Å²) in [6, 6.07) is 17.6. The van der Waals surface area contributed by atoms with E-state index in [1.807, 2.05) is 67.6 Å². The molecule has 2 heterocycles. The third kappa shape index (κ3) is 4.87. The van der Waals surface area contributed by atoms with Crippen molar-refractivity contribution in [2.24, 2.45) is 5.92 Å². The van der Waals surface area contributed by atoms with Gasteiger partial charge in [0.25, 0.3) is 5.91 Å². The van der Waals surface area contributed by atoms with Gasteiger partial charge in [0.05, 0.1) is 6.26 Å². The zero-order valence-electron chi connectivity index (χ0n) is 18.2.